The lowest BCUT2D eigenvalue weighted by molar-refractivity contribution is -0.141. The predicted molar refractivity (Wildman–Crippen MR) is 359 cm³/mol. The minimum Gasteiger partial charge on any atom is -0.508 e. The molecule has 3 spiro atoms. The Hall–Kier alpha value is -6.35. The van der Waals surface area contributed by atoms with Gasteiger partial charge in [0.05, 0.1) is 36.0 Å². The van der Waals surface area contributed by atoms with E-state index in [1.54, 1.807) is 13.2 Å². The second kappa shape index (κ2) is 24.1. The quantitative estimate of drug-likeness (QED) is 0.0276. The van der Waals surface area contributed by atoms with Gasteiger partial charge in [-0.25, -0.2) is 0 Å². The van der Waals surface area contributed by atoms with Gasteiger partial charge < -0.3 is 70.9 Å². The maximum absolute atomic E-state index is 14.2. The number of allylic oxidation sites excluding steroid dienone is 4. The van der Waals surface area contributed by atoms with Crippen LogP contribution in [0.5, 0.6) is 28.7 Å². The topological polar surface area (TPSA) is 226 Å². The van der Waals surface area contributed by atoms with Gasteiger partial charge in [-0.15, -0.1) is 0 Å². The Morgan fingerprint density at radius 2 is 1.80 bits per heavy atom. The molecule has 6 aliphatic carbocycles. The van der Waals surface area contributed by atoms with Crippen LogP contribution in [0, 0.1) is 58.7 Å². The molecule has 17 heteroatoms. The number of methoxy groups -OCH3 is 1. The fraction of sp³-hybridized carbons (Fsp3) is 0.513. The van der Waals surface area contributed by atoms with Gasteiger partial charge >= 0.3 is 5.97 Å². The zero-order chi connectivity index (χ0) is 63.5. The van der Waals surface area contributed by atoms with Gasteiger partial charge in [-0.2, -0.15) is 0 Å². The van der Waals surface area contributed by atoms with Crippen LogP contribution in [-0.4, -0.2) is 113 Å². The third-order valence-corrected chi connectivity index (χ3v) is 26.2. The highest BCUT2D eigenvalue weighted by molar-refractivity contribution is 8.76. The van der Waals surface area contributed by atoms with Crippen LogP contribution in [0.1, 0.15) is 146 Å². The van der Waals surface area contributed by atoms with E-state index >= 15 is 0 Å². The Morgan fingerprint density at radius 3 is 2.66 bits per heavy atom. The van der Waals surface area contributed by atoms with Crippen molar-refractivity contribution in [2.24, 2.45) is 40.7 Å². The van der Waals surface area contributed by atoms with Crippen LogP contribution in [-0.2, 0) is 44.5 Å². The first-order chi connectivity index (χ1) is 45.2. The molecule has 16 atom stereocenters. The second-order valence-corrected chi connectivity index (χ2v) is 31.4. The number of aliphatic hydroxyl groups is 3. The Labute approximate surface area is 552 Å². The number of benzene rings is 4. The summed E-state index contributed by atoms with van der Waals surface area (Å²) in [6.07, 6.45) is 21.6. The smallest absolute Gasteiger partial charge is 0.302 e. The van der Waals surface area contributed by atoms with Crippen LogP contribution in [0.25, 0.3) is 17.2 Å². The molecule has 0 aromatic heterocycles. The Bertz CT molecular complexity index is 3970. The highest BCUT2D eigenvalue weighted by atomic mass is 33.1. The number of hydrogen-bond donors (Lipinski definition) is 9. The number of fused-ring (bicyclic) bond motifs is 12. The number of ether oxygens (including phenoxy) is 5. The number of nitrogens with one attached hydrogen (secondary N) is 3. The number of rotatable bonds is 7. The monoisotopic (exact) mass is 1290 g/mol. The summed E-state index contributed by atoms with van der Waals surface area (Å²) < 4.78 is 34.2. The van der Waals surface area contributed by atoms with Crippen LogP contribution in [0.4, 0.5) is 0 Å². The SMILES string of the molecule is COC[C@@H]1[C@H](CO)CNCc2c(O)c3c(c4c2[C@@H]2C#CC5=C(C=CC(N)N5)[C@H]5[C@@]6(C=C[C@@]7(O)CCCC[C@]57c5cccc(c5)C[C@@H]1C#C2)CC[C@@]1(Cc2cc(O)cc(OCO)c2-c2ccc5c(c21)O[C@H]4[C@H]5COC(C)=O)C6)C=C[C@@H]1N[C@@H]2CCC[C@@H](CSSC[C@H]1O3)C2. The van der Waals surface area contributed by atoms with Gasteiger partial charge in [0, 0.05) is 125 Å². The molecule has 1 unspecified atom stereocenters. The van der Waals surface area contributed by atoms with Crippen LogP contribution in [0.3, 0.4) is 0 Å². The third kappa shape index (κ3) is 10.1. The highest BCUT2D eigenvalue weighted by Crippen LogP contribution is 2.72. The minimum atomic E-state index is -1.30. The van der Waals surface area contributed by atoms with Crippen molar-refractivity contribution in [1.82, 2.24) is 16.0 Å². The number of esters is 1. The molecule has 1 saturated heterocycles. The van der Waals surface area contributed by atoms with Gasteiger partial charge in [-0.05, 0) is 127 Å². The van der Waals surface area contributed by atoms with Crippen LogP contribution in [0.2, 0.25) is 0 Å². The van der Waals surface area contributed by atoms with E-state index in [4.69, 9.17) is 29.4 Å². The van der Waals surface area contributed by atoms with E-state index < -0.39 is 76.7 Å². The number of carbonyl (C=O) groups is 1. The highest BCUT2D eigenvalue weighted by Gasteiger charge is 2.68. The predicted octanol–water partition coefficient (Wildman–Crippen LogP) is 9.90. The molecule has 93 heavy (non-hydrogen) atoms. The Balaban J connectivity index is 1.06. The summed E-state index contributed by atoms with van der Waals surface area (Å²) in [6, 6.07) is 16.6. The lowest BCUT2D eigenvalue weighted by atomic mass is 9.43. The molecule has 12 aliphatic rings. The molecule has 0 amide bonds. The van der Waals surface area contributed by atoms with Crippen molar-refractivity contribution in [3.63, 3.8) is 0 Å². The summed E-state index contributed by atoms with van der Waals surface area (Å²) in [5.41, 5.74) is 14.0. The first-order valence-corrected chi connectivity index (χ1v) is 36.4. The van der Waals surface area contributed by atoms with Gasteiger partial charge in [-0.1, -0.05) is 125 Å². The van der Waals surface area contributed by atoms with Gasteiger partial charge in [0.25, 0.3) is 0 Å². The van der Waals surface area contributed by atoms with Gasteiger partial charge in [-0.3, -0.25) is 4.79 Å². The Morgan fingerprint density at radius 1 is 0.914 bits per heavy atom. The van der Waals surface area contributed by atoms with Crippen molar-refractivity contribution in [1.29, 1.82) is 0 Å². The number of aliphatic hydroxyl groups excluding tert-OH is 2. The fourth-order valence-corrected chi connectivity index (χ4v) is 22.5. The number of phenolic OH excluding ortho intramolecular Hbond substituents is 2. The fourth-order valence-electron chi connectivity index (χ4n) is 19.8. The van der Waals surface area contributed by atoms with Crippen molar-refractivity contribution < 1.29 is 54.0 Å². The summed E-state index contributed by atoms with van der Waals surface area (Å²) in [5.74, 6) is 15.7. The third-order valence-electron chi connectivity index (χ3n) is 23.7. The van der Waals surface area contributed by atoms with Gasteiger partial charge in [0.15, 0.2) is 18.3 Å². The maximum atomic E-state index is 14.2. The van der Waals surface area contributed by atoms with E-state index in [0.29, 0.717) is 115 Å². The van der Waals surface area contributed by atoms with Crippen molar-refractivity contribution >= 4 is 33.6 Å². The van der Waals surface area contributed by atoms with Crippen molar-refractivity contribution in [2.75, 3.05) is 51.8 Å². The molecular formula is C76H84N4O11S2. The number of phenols is 2. The molecule has 4 fully saturated rings. The molecule has 4 aromatic carbocycles. The van der Waals surface area contributed by atoms with E-state index in [0.717, 1.165) is 82.4 Å². The number of hydrogen-bond acceptors (Lipinski definition) is 17. The van der Waals surface area contributed by atoms with E-state index in [2.05, 4.69) is 106 Å². The molecule has 3 saturated carbocycles. The molecule has 486 valence electrons. The lowest BCUT2D eigenvalue weighted by Crippen LogP contribution is -2.63. The molecule has 11 bridgehead atoms. The molecule has 0 radical (unpaired) electrons. The first-order valence-electron chi connectivity index (χ1n) is 33.9. The molecule has 6 heterocycles. The van der Waals surface area contributed by atoms with Crippen LogP contribution >= 0.6 is 21.6 Å². The van der Waals surface area contributed by atoms with Gasteiger partial charge in [0.1, 0.15) is 42.0 Å². The standard InChI is InChI=1S/C76H84N4O11S2/c1-42(83)88-37-58-52-14-15-54-64-47(30-51(84)31-61(64)89-41-82)32-74-24-23-73(40-74)25-26-75(86)21-3-4-22-76(75)49-9-5-7-43(28-49)27-46-12-11-45(13-18-59-53(72(73)76)17-20-63(77)80-59)65-56(34-78-33-48(35-81)57(46)36-87-2)68(85)71-55(66(65)69(58)91-70(52)67(54)74)16-19-60-62(90-71)39-93-92-38-44-8-6-10-50(29-44)79-60/h5,7,9,14-17,19-20,25-26,28,30-31,44-46,48,50,57-58,60,62-63,69,72,78-82,84-86H,3-4,6,8,10,21-24,27,29,32-41,77H2,1-2H3/t44-,45+,46+,48+,50-,57+,58+,60+,62-,63?,69+,72+,73-,74-,75+,76+/m1/s1. The molecule has 6 aliphatic heterocycles. The Kier molecular flexibility index (Phi) is 15.9. The number of dihydropyridines is 1. The summed E-state index contributed by atoms with van der Waals surface area (Å²) in [6.45, 7) is 1.39. The van der Waals surface area contributed by atoms with E-state index in [1.165, 1.54) is 13.3 Å². The molecular weight excluding hydrogens is 1210 g/mol. The van der Waals surface area contributed by atoms with Crippen molar-refractivity contribution in [3.05, 3.63) is 140 Å². The zero-order valence-corrected chi connectivity index (χ0v) is 54.6. The molecule has 15 nitrogen and oxygen atoms in total. The largest absolute Gasteiger partial charge is 0.508 e. The van der Waals surface area contributed by atoms with E-state index in [1.807, 2.05) is 33.7 Å². The van der Waals surface area contributed by atoms with Crippen molar-refractivity contribution in [2.45, 2.75) is 156 Å². The lowest BCUT2D eigenvalue weighted by Gasteiger charge is -2.62. The van der Waals surface area contributed by atoms with Crippen LogP contribution < -0.4 is 35.9 Å². The van der Waals surface area contributed by atoms with Crippen LogP contribution in [0.15, 0.2) is 90.2 Å². The maximum Gasteiger partial charge on any atom is 0.302 e. The summed E-state index contributed by atoms with van der Waals surface area (Å²) in [4.78, 5) is 13.5. The summed E-state index contributed by atoms with van der Waals surface area (Å²) in [7, 11) is 5.42. The van der Waals surface area contributed by atoms with E-state index in [-0.39, 0.29) is 55.2 Å². The molecule has 16 rings (SSSR count). The zero-order valence-electron chi connectivity index (χ0n) is 52.9. The summed E-state index contributed by atoms with van der Waals surface area (Å²) in [5, 5.41) is 73.4. The average molecular weight is 1290 g/mol. The number of aromatic hydroxyl groups is 2. The number of carbonyl (C=O) groups excluding carboxylic acids is 1. The first kappa shape index (κ1) is 61.5. The van der Waals surface area contributed by atoms with Crippen molar-refractivity contribution in [3.8, 4) is 63.6 Å². The van der Waals surface area contributed by atoms with Gasteiger partial charge in [0.2, 0.25) is 0 Å². The molecule has 4 aromatic rings. The average Bonchev–Trinajstić information content (AvgIpc) is 1.59. The number of nitrogens with two attached hydrogens (primary N) is 1. The minimum absolute atomic E-state index is 0.0247. The van der Waals surface area contributed by atoms with E-state index in [9.17, 15) is 30.3 Å². The second-order valence-electron chi connectivity index (χ2n) is 28.8. The summed E-state index contributed by atoms with van der Waals surface area (Å²) >= 11 is 0. The molecule has 10 N–H and O–H groups in total. The normalized spacial score (nSPS) is 35.3.